The van der Waals surface area contributed by atoms with Crippen molar-refractivity contribution in [2.24, 2.45) is 33.1 Å². The molecule has 120 valence electrons. The van der Waals surface area contributed by atoms with Crippen molar-refractivity contribution < 1.29 is 0 Å². The second kappa shape index (κ2) is 5.55. The average Bonchev–Trinajstić information content (AvgIpc) is 3.34. The van der Waals surface area contributed by atoms with Gasteiger partial charge in [-0.3, -0.25) is 5.01 Å². The normalized spacial score (nSPS) is 30.8. The molecule has 2 aliphatic carbocycles. The van der Waals surface area contributed by atoms with E-state index in [9.17, 15) is 0 Å². The van der Waals surface area contributed by atoms with Crippen LogP contribution in [0.25, 0.3) is 0 Å². The highest BCUT2D eigenvalue weighted by Crippen LogP contribution is 2.54. The third kappa shape index (κ3) is 2.17. The van der Waals surface area contributed by atoms with Crippen LogP contribution in [0.5, 0.6) is 0 Å². The first-order valence-corrected chi connectivity index (χ1v) is 8.80. The molecule has 0 saturated heterocycles. The van der Waals surface area contributed by atoms with Gasteiger partial charge in [0, 0.05) is 5.92 Å². The van der Waals surface area contributed by atoms with Crippen LogP contribution in [0.1, 0.15) is 19.3 Å². The molecule has 0 radical (unpaired) electrons. The summed E-state index contributed by atoms with van der Waals surface area (Å²) in [6.07, 6.45) is 3.96. The molecule has 2 fully saturated rings. The molecule has 4 heteroatoms. The maximum atomic E-state index is 4.89. The van der Waals surface area contributed by atoms with Crippen LogP contribution in [0.4, 0.5) is 11.4 Å². The van der Waals surface area contributed by atoms with Gasteiger partial charge in [0.25, 0.3) is 0 Å². The largest absolute Gasteiger partial charge is 0.260 e. The van der Waals surface area contributed by atoms with Crippen molar-refractivity contribution >= 4 is 17.2 Å². The van der Waals surface area contributed by atoms with Crippen LogP contribution >= 0.6 is 0 Å². The van der Waals surface area contributed by atoms with E-state index >= 15 is 0 Å². The highest BCUT2D eigenvalue weighted by molar-refractivity contribution is 5.90. The number of azo groups is 1. The Hall–Kier alpha value is -2.49. The first kappa shape index (κ1) is 13.9. The van der Waals surface area contributed by atoms with Crippen molar-refractivity contribution in [2.45, 2.75) is 25.3 Å². The zero-order valence-corrected chi connectivity index (χ0v) is 13.5. The quantitative estimate of drug-likeness (QED) is 0.717. The van der Waals surface area contributed by atoms with E-state index in [4.69, 9.17) is 5.10 Å². The smallest absolute Gasteiger partial charge is 0.176 e. The van der Waals surface area contributed by atoms with E-state index in [2.05, 4.69) is 45.6 Å². The van der Waals surface area contributed by atoms with E-state index in [0.717, 1.165) is 23.4 Å². The molecule has 0 aromatic heterocycles. The fourth-order valence-electron chi connectivity index (χ4n) is 4.72. The van der Waals surface area contributed by atoms with Gasteiger partial charge in [-0.15, -0.1) is 10.2 Å². The Morgan fingerprint density at radius 1 is 0.833 bits per heavy atom. The highest BCUT2D eigenvalue weighted by atomic mass is 15.5. The van der Waals surface area contributed by atoms with Crippen molar-refractivity contribution in [1.29, 1.82) is 0 Å². The Labute approximate surface area is 141 Å². The zero-order chi connectivity index (χ0) is 15.9. The van der Waals surface area contributed by atoms with E-state index < -0.39 is 0 Å². The predicted molar refractivity (Wildman–Crippen MR) is 95.4 cm³/mol. The number of amidine groups is 1. The molecule has 24 heavy (non-hydrogen) atoms. The van der Waals surface area contributed by atoms with Crippen LogP contribution in [0, 0.1) is 17.8 Å². The maximum absolute atomic E-state index is 4.89. The molecule has 0 amide bonds. The first-order chi connectivity index (χ1) is 11.9. The Morgan fingerprint density at radius 2 is 1.54 bits per heavy atom. The summed E-state index contributed by atoms with van der Waals surface area (Å²) in [6, 6.07) is 20.9. The molecular formula is C20H20N4. The monoisotopic (exact) mass is 316 g/mol. The highest BCUT2D eigenvalue weighted by Gasteiger charge is 2.55. The molecule has 5 rings (SSSR count). The van der Waals surface area contributed by atoms with E-state index in [1.807, 2.05) is 30.3 Å². The molecule has 1 heterocycles. The summed E-state index contributed by atoms with van der Waals surface area (Å²) < 4.78 is 0. The summed E-state index contributed by atoms with van der Waals surface area (Å²) in [6.45, 7) is 0. The van der Waals surface area contributed by atoms with Crippen LogP contribution in [0.3, 0.4) is 0 Å². The van der Waals surface area contributed by atoms with Crippen LogP contribution in [-0.2, 0) is 0 Å². The molecule has 2 bridgehead atoms. The minimum absolute atomic E-state index is 0.441. The number of nitrogens with zero attached hydrogens (tertiary/aromatic N) is 4. The first-order valence-electron chi connectivity index (χ1n) is 8.80. The van der Waals surface area contributed by atoms with Crippen LogP contribution in [-0.4, -0.2) is 11.9 Å². The van der Waals surface area contributed by atoms with Crippen molar-refractivity contribution in [3.8, 4) is 0 Å². The van der Waals surface area contributed by atoms with Crippen molar-refractivity contribution in [3.05, 3.63) is 60.7 Å². The summed E-state index contributed by atoms with van der Waals surface area (Å²) in [5.41, 5.74) is 2.06. The van der Waals surface area contributed by atoms with Crippen LogP contribution in [0.2, 0.25) is 0 Å². The van der Waals surface area contributed by atoms with Gasteiger partial charge in [0.1, 0.15) is 0 Å². The van der Waals surface area contributed by atoms with Gasteiger partial charge in [-0.25, -0.2) is 0 Å². The Balaban J connectivity index is 1.50. The van der Waals surface area contributed by atoms with E-state index in [-0.39, 0.29) is 0 Å². The number of benzene rings is 2. The average molecular weight is 316 g/mol. The minimum Gasteiger partial charge on any atom is -0.260 e. The molecule has 2 aromatic carbocycles. The molecule has 1 aliphatic heterocycles. The number of para-hydroxylation sites is 1. The summed E-state index contributed by atoms with van der Waals surface area (Å²) in [5.74, 6) is 2.83. The molecule has 0 N–H and O–H groups in total. The van der Waals surface area contributed by atoms with Gasteiger partial charge in [-0.1, -0.05) is 36.4 Å². The summed E-state index contributed by atoms with van der Waals surface area (Å²) in [4.78, 5) is 0. The minimum atomic E-state index is 0.441. The Bertz CT molecular complexity index is 784. The molecule has 2 saturated carbocycles. The third-order valence-corrected chi connectivity index (χ3v) is 5.71. The van der Waals surface area contributed by atoms with E-state index in [1.165, 1.54) is 24.9 Å². The fraction of sp³-hybridized carbons (Fsp3) is 0.350. The Morgan fingerprint density at radius 3 is 2.33 bits per heavy atom. The van der Waals surface area contributed by atoms with Gasteiger partial charge in [0.05, 0.1) is 17.4 Å². The molecule has 2 aromatic rings. The molecule has 4 nitrogen and oxygen atoms in total. The second-order valence-corrected chi connectivity index (χ2v) is 7.02. The lowest BCUT2D eigenvalue weighted by Crippen LogP contribution is -2.37. The lowest BCUT2D eigenvalue weighted by molar-refractivity contribution is 0.362. The standard InChI is InChI=1S/C20H20N4/c1-3-7-16(8-4-1)21-22-20-18-14-11-12-15(13-14)19(18)24(23-20)17-9-5-2-6-10-17/h1-10,14-15,18-19H,11-13H2/t14-,15-,18+,19-/m1/s1. The lowest BCUT2D eigenvalue weighted by Gasteiger charge is -2.30. The Kier molecular flexibility index (Phi) is 3.21. The van der Waals surface area contributed by atoms with Gasteiger partial charge in [0.2, 0.25) is 0 Å². The van der Waals surface area contributed by atoms with E-state index in [0.29, 0.717) is 12.0 Å². The predicted octanol–water partition coefficient (Wildman–Crippen LogP) is 5.02. The van der Waals surface area contributed by atoms with Gasteiger partial charge in [-0.2, -0.15) is 5.10 Å². The van der Waals surface area contributed by atoms with Crippen LogP contribution in [0.15, 0.2) is 76.0 Å². The maximum Gasteiger partial charge on any atom is 0.176 e. The van der Waals surface area contributed by atoms with Gasteiger partial charge in [-0.05, 0) is 55.4 Å². The van der Waals surface area contributed by atoms with Crippen molar-refractivity contribution in [1.82, 2.24) is 0 Å². The molecular weight excluding hydrogens is 296 g/mol. The summed E-state index contributed by atoms with van der Waals surface area (Å²) in [5, 5.41) is 16.1. The lowest BCUT2D eigenvalue weighted by atomic mass is 9.84. The molecule has 3 aliphatic rings. The molecule has 4 atom stereocenters. The number of hydrazone groups is 1. The SMILES string of the molecule is c1ccc(N=NC2=NN(c3ccccc3)[C@@H]3[C@@H]4CC[C@H](C4)[C@H]23)cc1. The van der Waals surface area contributed by atoms with Crippen LogP contribution < -0.4 is 5.01 Å². The van der Waals surface area contributed by atoms with Crippen molar-refractivity contribution in [3.63, 3.8) is 0 Å². The van der Waals surface area contributed by atoms with Gasteiger partial charge < -0.3 is 0 Å². The molecule has 0 unspecified atom stereocenters. The second-order valence-electron chi connectivity index (χ2n) is 7.02. The summed E-state index contributed by atoms with van der Waals surface area (Å²) >= 11 is 0. The van der Waals surface area contributed by atoms with E-state index in [1.54, 1.807) is 0 Å². The topological polar surface area (TPSA) is 40.3 Å². The number of anilines is 1. The van der Waals surface area contributed by atoms with Gasteiger partial charge >= 0.3 is 0 Å². The molecule has 0 spiro atoms. The number of rotatable bonds is 2. The number of hydrogen-bond acceptors (Lipinski definition) is 4. The number of hydrogen-bond donors (Lipinski definition) is 0. The van der Waals surface area contributed by atoms with Gasteiger partial charge in [0.15, 0.2) is 5.84 Å². The fourth-order valence-corrected chi connectivity index (χ4v) is 4.72. The van der Waals surface area contributed by atoms with Crippen molar-refractivity contribution in [2.75, 3.05) is 5.01 Å². The third-order valence-electron chi connectivity index (χ3n) is 5.71. The summed E-state index contributed by atoms with van der Waals surface area (Å²) in [7, 11) is 0. The number of fused-ring (bicyclic) bond motifs is 5. The zero-order valence-electron chi connectivity index (χ0n) is 13.5.